The topological polar surface area (TPSA) is 119 Å². The van der Waals surface area contributed by atoms with Gasteiger partial charge in [-0.1, -0.05) is 13.0 Å². The number of pyridine rings is 1. The van der Waals surface area contributed by atoms with Gasteiger partial charge < -0.3 is 10.2 Å². The van der Waals surface area contributed by atoms with E-state index in [9.17, 15) is 14.9 Å². The Morgan fingerprint density at radius 3 is 2.79 bits per heavy atom. The van der Waals surface area contributed by atoms with E-state index >= 15 is 0 Å². The van der Waals surface area contributed by atoms with Crippen LogP contribution in [-0.4, -0.2) is 43.4 Å². The molecule has 0 atom stereocenters. The molecule has 1 aliphatic rings. The molecule has 10 heteroatoms. The molecule has 1 fully saturated rings. The van der Waals surface area contributed by atoms with Crippen molar-refractivity contribution in [2.45, 2.75) is 32.2 Å². The molecule has 1 N–H and O–H groups in total. The lowest BCUT2D eigenvalue weighted by molar-refractivity contribution is -0.385. The molecule has 0 saturated carbocycles. The van der Waals surface area contributed by atoms with Crippen molar-refractivity contribution < 1.29 is 4.92 Å². The van der Waals surface area contributed by atoms with Crippen molar-refractivity contribution in [1.29, 1.82) is 0 Å². The summed E-state index contributed by atoms with van der Waals surface area (Å²) in [5, 5.41) is 14.6. The van der Waals surface area contributed by atoms with Gasteiger partial charge in [-0.05, 0) is 31.4 Å². The number of nitro groups is 1. The quantitative estimate of drug-likeness (QED) is 0.515. The van der Waals surface area contributed by atoms with Crippen LogP contribution in [0.25, 0.3) is 5.65 Å². The second-order valence-electron chi connectivity index (χ2n) is 6.93. The summed E-state index contributed by atoms with van der Waals surface area (Å²) in [6, 6.07) is 7.00. The van der Waals surface area contributed by atoms with Crippen LogP contribution in [0.3, 0.4) is 0 Å². The molecule has 0 spiro atoms. The van der Waals surface area contributed by atoms with Gasteiger partial charge in [0, 0.05) is 37.1 Å². The zero-order chi connectivity index (χ0) is 20.4. The van der Waals surface area contributed by atoms with Crippen LogP contribution in [0.5, 0.6) is 0 Å². The number of nitrogens with zero attached hydrogens (tertiary/aromatic N) is 6. The van der Waals surface area contributed by atoms with Gasteiger partial charge in [0.25, 0.3) is 0 Å². The highest BCUT2D eigenvalue weighted by molar-refractivity contribution is 5.60. The van der Waals surface area contributed by atoms with E-state index in [1.165, 1.54) is 10.6 Å². The number of aryl methyl sites for hydroxylation is 1. The third kappa shape index (κ3) is 3.73. The Hall–Kier alpha value is -3.56. The smallest absolute Gasteiger partial charge is 0.361 e. The summed E-state index contributed by atoms with van der Waals surface area (Å²) in [5.41, 5.74) is 0.149. The highest BCUT2D eigenvalue weighted by Gasteiger charge is 2.27. The summed E-state index contributed by atoms with van der Waals surface area (Å²) >= 11 is 0. The van der Waals surface area contributed by atoms with Crippen LogP contribution >= 0.6 is 0 Å². The Morgan fingerprint density at radius 2 is 2.07 bits per heavy atom. The molecule has 150 valence electrons. The third-order valence-corrected chi connectivity index (χ3v) is 5.12. The average Bonchev–Trinajstić information content (AvgIpc) is 2.74. The fourth-order valence-electron chi connectivity index (χ4n) is 3.54. The van der Waals surface area contributed by atoms with Gasteiger partial charge in [0.15, 0.2) is 0 Å². The molecule has 1 aliphatic heterocycles. The summed E-state index contributed by atoms with van der Waals surface area (Å²) in [6.07, 6.45) is 5.40. The van der Waals surface area contributed by atoms with Gasteiger partial charge >= 0.3 is 11.2 Å². The molecule has 29 heavy (non-hydrogen) atoms. The maximum atomic E-state index is 12.5. The third-order valence-electron chi connectivity index (χ3n) is 5.12. The zero-order valence-corrected chi connectivity index (χ0v) is 16.0. The monoisotopic (exact) mass is 395 g/mol. The summed E-state index contributed by atoms with van der Waals surface area (Å²) in [5.74, 6) is 0.920. The molecule has 0 aliphatic carbocycles. The number of anilines is 2. The van der Waals surface area contributed by atoms with Crippen LogP contribution in [0.2, 0.25) is 0 Å². The molecule has 4 heterocycles. The molecule has 1 saturated heterocycles. The van der Waals surface area contributed by atoms with E-state index in [-0.39, 0.29) is 11.9 Å². The zero-order valence-electron chi connectivity index (χ0n) is 16.0. The first-order valence-electron chi connectivity index (χ1n) is 9.55. The van der Waals surface area contributed by atoms with E-state index in [4.69, 9.17) is 0 Å². The number of nitrogens with one attached hydrogen (secondary N) is 1. The standard InChI is InChI=1S/C19H21N7O3/c1-2-13-11-16(21-12-20-13)24-9-6-14(7-10-24)22-18-17(26(28)29)19(27)25-8-4-3-5-15(25)23-18/h3-5,8,11-12,14,22H,2,6-7,9-10H2,1H3. The highest BCUT2D eigenvalue weighted by Crippen LogP contribution is 2.24. The van der Waals surface area contributed by atoms with E-state index in [1.54, 1.807) is 24.5 Å². The van der Waals surface area contributed by atoms with Gasteiger partial charge in [0.1, 0.15) is 17.8 Å². The second kappa shape index (κ2) is 7.82. The molecule has 3 aromatic heterocycles. The molecule has 10 nitrogen and oxygen atoms in total. The molecule has 0 radical (unpaired) electrons. The minimum absolute atomic E-state index is 0.0181. The first kappa shape index (κ1) is 18.8. The maximum absolute atomic E-state index is 12.5. The van der Waals surface area contributed by atoms with Gasteiger partial charge in [-0.25, -0.2) is 15.0 Å². The summed E-state index contributed by atoms with van der Waals surface area (Å²) in [6.45, 7) is 3.55. The van der Waals surface area contributed by atoms with E-state index in [1.807, 2.05) is 13.0 Å². The normalized spacial score (nSPS) is 14.9. The van der Waals surface area contributed by atoms with Crippen molar-refractivity contribution in [3.63, 3.8) is 0 Å². The molecular formula is C19H21N7O3. The van der Waals surface area contributed by atoms with Crippen molar-refractivity contribution in [3.05, 3.63) is 63.0 Å². The Morgan fingerprint density at radius 1 is 1.28 bits per heavy atom. The fraction of sp³-hybridized carbons (Fsp3) is 0.368. The Kier molecular flexibility index (Phi) is 5.07. The number of rotatable bonds is 5. The van der Waals surface area contributed by atoms with Crippen LogP contribution in [0.4, 0.5) is 17.3 Å². The SMILES string of the molecule is CCc1cc(N2CCC(Nc3nc4ccccn4c(=O)c3[N+](=O)[O-])CC2)ncn1. The van der Waals surface area contributed by atoms with Crippen LogP contribution in [0.1, 0.15) is 25.5 Å². The van der Waals surface area contributed by atoms with Crippen molar-refractivity contribution in [2.75, 3.05) is 23.3 Å². The van der Waals surface area contributed by atoms with Gasteiger partial charge in [-0.15, -0.1) is 0 Å². The number of aromatic nitrogens is 4. The van der Waals surface area contributed by atoms with Crippen LogP contribution < -0.4 is 15.8 Å². The minimum atomic E-state index is -0.686. The van der Waals surface area contributed by atoms with E-state index in [0.717, 1.165) is 43.9 Å². The van der Waals surface area contributed by atoms with Gasteiger partial charge in [0.2, 0.25) is 5.82 Å². The van der Waals surface area contributed by atoms with Crippen LogP contribution in [0.15, 0.2) is 41.6 Å². The summed E-state index contributed by atoms with van der Waals surface area (Å²) in [4.78, 5) is 38.5. The first-order chi connectivity index (χ1) is 14.1. The molecular weight excluding hydrogens is 374 g/mol. The summed E-state index contributed by atoms with van der Waals surface area (Å²) < 4.78 is 1.19. The molecule has 0 amide bonds. The number of piperidine rings is 1. The van der Waals surface area contributed by atoms with Crippen molar-refractivity contribution >= 4 is 23.0 Å². The van der Waals surface area contributed by atoms with E-state index in [2.05, 4.69) is 25.2 Å². The fourth-order valence-corrected chi connectivity index (χ4v) is 3.54. The predicted octanol–water partition coefficient (Wildman–Crippen LogP) is 2.04. The number of hydrogen-bond acceptors (Lipinski definition) is 8. The average molecular weight is 395 g/mol. The highest BCUT2D eigenvalue weighted by atomic mass is 16.6. The second-order valence-corrected chi connectivity index (χ2v) is 6.93. The molecule has 0 bridgehead atoms. The Balaban J connectivity index is 1.53. The van der Waals surface area contributed by atoms with Crippen LogP contribution in [-0.2, 0) is 6.42 Å². The molecule has 0 aromatic carbocycles. The molecule has 3 aromatic rings. The van der Waals surface area contributed by atoms with Crippen molar-refractivity contribution in [1.82, 2.24) is 19.4 Å². The van der Waals surface area contributed by atoms with Gasteiger partial charge in [-0.3, -0.25) is 19.3 Å². The number of hydrogen-bond donors (Lipinski definition) is 1. The predicted molar refractivity (Wildman–Crippen MR) is 108 cm³/mol. The lowest BCUT2D eigenvalue weighted by atomic mass is 10.0. The lowest BCUT2D eigenvalue weighted by Crippen LogP contribution is -2.40. The first-order valence-corrected chi connectivity index (χ1v) is 9.55. The minimum Gasteiger partial charge on any atom is -0.361 e. The Labute approximate surface area is 166 Å². The number of fused-ring (bicyclic) bond motifs is 1. The van der Waals surface area contributed by atoms with E-state index < -0.39 is 16.2 Å². The molecule has 0 unspecified atom stereocenters. The van der Waals surface area contributed by atoms with Gasteiger partial charge in [0.05, 0.1) is 4.92 Å². The Bertz CT molecular complexity index is 1110. The molecule has 4 rings (SSSR count). The van der Waals surface area contributed by atoms with Crippen molar-refractivity contribution in [2.24, 2.45) is 0 Å². The van der Waals surface area contributed by atoms with E-state index in [0.29, 0.717) is 5.65 Å². The summed E-state index contributed by atoms with van der Waals surface area (Å²) in [7, 11) is 0. The lowest BCUT2D eigenvalue weighted by Gasteiger charge is -2.33. The van der Waals surface area contributed by atoms with Gasteiger partial charge in [-0.2, -0.15) is 0 Å². The van der Waals surface area contributed by atoms with Crippen molar-refractivity contribution in [3.8, 4) is 0 Å². The largest absolute Gasteiger partial charge is 0.376 e. The maximum Gasteiger partial charge on any atom is 0.376 e. The van der Waals surface area contributed by atoms with Crippen LogP contribution in [0, 0.1) is 10.1 Å².